The topological polar surface area (TPSA) is 0 Å². The van der Waals surface area contributed by atoms with Crippen LogP contribution in [0.25, 0.3) is 11.1 Å². The summed E-state index contributed by atoms with van der Waals surface area (Å²) in [5, 5.41) is 0. The zero-order chi connectivity index (χ0) is 18.0. The third kappa shape index (κ3) is 1.74. The van der Waals surface area contributed by atoms with Crippen molar-refractivity contribution in [2.75, 3.05) is 0 Å². The molecule has 0 aliphatic heterocycles. The summed E-state index contributed by atoms with van der Waals surface area (Å²) in [7, 11) is 0. The van der Waals surface area contributed by atoms with Crippen molar-refractivity contribution in [3.63, 3.8) is 0 Å². The fraction of sp³-hybridized carbons (Fsp3) is 0.185. The summed E-state index contributed by atoms with van der Waals surface area (Å²) in [6, 6.07) is 18.1. The first-order valence-electron chi connectivity index (χ1n) is 10.0. The Morgan fingerprint density at radius 3 is 2.11 bits per heavy atom. The van der Waals surface area contributed by atoms with Gasteiger partial charge in [0.1, 0.15) is 0 Å². The zero-order valence-electron chi connectivity index (χ0n) is 15.6. The molecule has 1 unspecified atom stereocenters. The van der Waals surface area contributed by atoms with Crippen molar-refractivity contribution >= 4 is 0 Å². The lowest BCUT2D eigenvalue weighted by molar-refractivity contribution is 0.675. The number of rotatable bonds is 0. The lowest BCUT2D eigenvalue weighted by Crippen LogP contribution is -2.28. The van der Waals surface area contributed by atoms with Crippen LogP contribution < -0.4 is 0 Å². The van der Waals surface area contributed by atoms with Crippen molar-refractivity contribution in [1.29, 1.82) is 0 Å². The molecule has 130 valence electrons. The Morgan fingerprint density at radius 1 is 0.741 bits per heavy atom. The largest absolute Gasteiger partial charge is 0.0836 e. The van der Waals surface area contributed by atoms with Crippen molar-refractivity contribution in [2.45, 2.75) is 25.2 Å². The molecule has 2 aromatic carbocycles. The van der Waals surface area contributed by atoms with Crippen LogP contribution in [0.2, 0.25) is 0 Å². The smallest absolute Gasteiger partial charge is 0.0722 e. The number of allylic oxidation sites excluding steroid dienone is 10. The number of fused-ring (bicyclic) bond motifs is 8. The minimum Gasteiger partial charge on any atom is -0.0836 e. The van der Waals surface area contributed by atoms with E-state index in [1.54, 1.807) is 5.57 Å². The first kappa shape index (κ1) is 15.2. The highest BCUT2D eigenvalue weighted by Crippen LogP contribution is 2.63. The summed E-state index contributed by atoms with van der Waals surface area (Å²) in [5.74, 6) is 0.561. The first-order valence-corrected chi connectivity index (χ1v) is 10.0. The Hall–Kier alpha value is -2.86. The van der Waals surface area contributed by atoms with Crippen LogP contribution >= 0.6 is 0 Å². The minimum absolute atomic E-state index is 0.159. The summed E-state index contributed by atoms with van der Waals surface area (Å²) < 4.78 is 0. The van der Waals surface area contributed by atoms with Crippen LogP contribution in [-0.2, 0) is 5.41 Å². The second-order valence-electron chi connectivity index (χ2n) is 8.08. The molecule has 0 heteroatoms. The van der Waals surface area contributed by atoms with Gasteiger partial charge < -0.3 is 0 Å². The SMILES string of the molecule is CC1CC=CC2=C1C1=C(C=CCC=C1)C21c2ccccc2-c2ccccc21. The predicted octanol–water partition coefficient (Wildman–Crippen LogP) is 6.67. The van der Waals surface area contributed by atoms with Crippen LogP contribution in [0.15, 0.2) is 107 Å². The molecule has 0 saturated heterocycles. The summed E-state index contributed by atoms with van der Waals surface area (Å²) in [6.07, 6.45) is 16.4. The van der Waals surface area contributed by atoms with E-state index in [0.717, 1.165) is 12.8 Å². The van der Waals surface area contributed by atoms with Crippen molar-refractivity contribution < 1.29 is 0 Å². The average molecular weight is 346 g/mol. The second kappa shape index (κ2) is 5.33. The Kier molecular flexibility index (Phi) is 3.00. The molecule has 0 fully saturated rings. The molecule has 6 rings (SSSR count). The molecule has 0 bridgehead atoms. The van der Waals surface area contributed by atoms with Gasteiger partial charge in [-0.1, -0.05) is 91.9 Å². The van der Waals surface area contributed by atoms with E-state index in [0.29, 0.717) is 5.92 Å². The number of benzene rings is 2. The molecular formula is C27H22. The van der Waals surface area contributed by atoms with Crippen LogP contribution in [0.5, 0.6) is 0 Å². The minimum atomic E-state index is -0.159. The molecule has 0 heterocycles. The monoisotopic (exact) mass is 346 g/mol. The number of hydrogen-bond acceptors (Lipinski definition) is 0. The van der Waals surface area contributed by atoms with Gasteiger partial charge in [-0.3, -0.25) is 0 Å². The fourth-order valence-corrected chi connectivity index (χ4v) is 5.75. The Bertz CT molecular complexity index is 1080. The molecule has 1 spiro atoms. The van der Waals surface area contributed by atoms with E-state index in [-0.39, 0.29) is 5.41 Å². The van der Waals surface area contributed by atoms with Gasteiger partial charge in [0.25, 0.3) is 0 Å². The summed E-state index contributed by atoms with van der Waals surface area (Å²) >= 11 is 0. The van der Waals surface area contributed by atoms with E-state index >= 15 is 0 Å². The quantitative estimate of drug-likeness (QED) is 0.499. The highest BCUT2D eigenvalue weighted by atomic mass is 14.5. The van der Waals surface area contributed by atoms with Crippen LogP contribution in [0.1, 0.15) is 30.9 Å². The lowest BCUT2D eigenvalue weighted by Gasteiger charge is -2.33. The van der Waals surface area contributed by atoms with Gasteiger partial charge in [-0.25, -0.2) is 0 Å². The van der Waals surface area contributed by atoms with Gasteiger partial charge in [0.05, 0.1) is 5.41 Å². The highest BCUT2D eigenvalue weighted by Gasteiger charge is 2.53. The number of hydrogen-bond donors (Lipinski definition) is 0. The molecule has 0 aromatic heterocycles. The maximum Gasteiger partial charge on any atom is 0.0722 e. The highest BCUT2D eigenvalue weighted by molar-refractivity contribution is 5.90. The predicted molar refractivity (Wildman–Crippen MR) is 113 cm³/mol. The first-order chi connectivity index (χ1) is 13.3. The molecule has 0 amide bonds. The van der Waals surface area contributed by atoms with E-state index in [9.17, 15) is 0 Å². The summed E-state index contributed by atoms with van der Waals surface area (Å²) in [4.78, 5) is 0. The lowest BCUT2D eigenvalue weighted by atomic mass is 9.67. The zero-order valence-corrected chi connectivity index (χ0v) is 15.6. The summed E-state index contributed by atoms with van der Waals surface area (Å²) in [6.45, 7) is 2.39. The maximum atomic E-state index is 2.42. The third-order valence-corrected chi connectivity index (χ3v) is 6.74. The van der Waals surface area contributed by atoms with E-state index < -0.39 is 0 Å². The van der Waals surface area contributed by atoms with Crippen molar-refractivity contribution in [1.82, 2.24) is 0 Å². The van der Waals surface area contributed by atoms with Crippen molar-refractivity contribution in [2.24, 2.45) is 5.92 Å². The van der Waals surface area contributed by atoms with Crippen LogP contribution in [-0.4, -0.2) is 0 Å². The van der Waals surface area contributed by atoms with Gasteiger partial charge in [0, 0.05) is 0 Å². The van der Waals surface area contributed by atoms with E-state index in [1.807, 2.05) is 0 Å². The average Bonchev–Trinajstić information content (AvgIpc) is 3.02. The molecular weight excluding hydrogens is 324 g/mol. The third-order valence-electron chi connectivity index (χ3n) is 6.74. The molecule has 1 atom stereocenters. The van der Waals surface area contributed by atoms with E-state index in [4.69, 9.17) is 0 Å². The van der Waals surface area contributed by atoms with E-state index in [1.165, 1.54) is 39.0 Å². The molecule has 27 heavy (non-hydrogen) atoms. The van der Waals surface area contributed by atoms with Gasteiger partial charge >= 0.3 is 0 Å². The molecule has 0 nitrogen and oxygen atoms in total. The van der Waals surface area contributed by atoms with E-state index in [2.05, 4.69) is 91.9 Å². The standard InChI is InChI=1S/C27H22/c1-18-10-9-17-25-26(18)21-13-3-2-4-14-24(21)27(25)22-15-7-5-11-19(22)20-12-6-8-16-23(20)27/h3-9,11-18H,2,10H2,1H3. The van der Waals surface area contributed by atoms with Crippen LogP contribution in [0, 0.1) is 5.92 Å². The second-order valence-corrected chi connectivity index (χ2v) is 8.08. The molecule has 2 aromatic rings. The molecule has 4 aliphatic carbocycles. The summed E-state index contributed by atoms with van der Waals surface area (Å²) in [5.41, 5.74) is 11.5. The van der Waals surface area contributed by atoms with Gasteiger partial charge in [-0.05, 0) is 63.3 Å². The van der Waals surface area contributed by atoms with Gasteiger partial charge in [0.15, 0.2) is 0 Å². The van der Waals surface area contributed by atoms with Crippen molar-refractivity contribution in [3.8, 4) is 11.1 Å². The molecule has 0 radical (unpaired) electrons. The fourth-order valence-electron chi connectivity index (χ4n) is 5.75. The van der Waals surface area contributed by atoms with Gasteiger partial charge in [-0.2, -0.15) is 0 Å². The van der Waals surface area contributed by atoms with Gasteiger partial charge in [0.2, 0.25) is 0 Å². The molecule has 4 aliphatic rings. The molecule has 0 N–H and O–H groups in total. The normalized spacial score (nSPS) is 23.4. The van der Waals surface area contributed by atoms with Crippen molar-refractivity contribution in [3.05, 3.63) is 118 Å². The molecule has 0 saturated carbocycles. The van der Waals surface area contributed by atoms with Gasteiger partial charge in [-0.15, -0.1) is 0 Å². The van der Waals surface area contributed by atoms with Crippen LogP contribution in [0.4, 0.5) is 0 Å². The Labute approximate surface area is 160 Å². The Balaban J connectivity index is 1.82. The maximum absolute atomic E-state index is 2.42. The Morgan fingerprint density at radius 2 is 1.37 bits per heavy atom. The van der Waals surface area contributed by atoms with Crippen LogP contribution in [0.3, 0.4) is 0 Å².